The predicted molar refractivity (Wildman–Crippen MR) is 96.3 cm³/mol. The molecule has 2 fully saturated rings. The number of rotatable bonds is 3. The number of hydrogen-bond donors (Lipinski definition) is 2. The number of Topliss-reactive ketones (excluding diaryl/α,β-unsaturated/α-hetero) is 3. The van der Waals surface area contributed by atoms with Crippen LogP contribution < -0.4 is 0 Å². The second-order valence-electron chi connectivity index (χ2n) is 10.2. The molecule has 144 valence electrons. The minimum Gasteiger partial charge on any atom is -0.510 e. The number of carbonyl (C=O) groups is 3. The first-order chi connectivity index (χ1) is 11.6. The maximum atomic E-state index is 13.4. The fourth-order valence-corrected chi connectivity index (χ4v) is 6.14. The summed E-state index contributed by atoms with van der Waals surface area (Å²) in [5.41, 5.74) is -4.19. The number of allylic oxidation sites excluding steroid dienone is 2. The van der Waals surface area contributed by atoms with Gasteiger partial charge in [-0.25, -0.2) is 0 Å². The van der Waals surface area contributed by atoms with Gasteiger partial charge in [0.2, 0.25) is 0 Å². The molecule has 26 heavy (non-hydrogen) atoms. The second kappa shape index (κ2) is 5.06. The molecule has 0 radical (unpaired) electrons. The van der Waals surface area contributed by atoms with Crippen LogP contribution >= 0.6 is 0 Å². The van der Waals surface area contributed by atoms with E-state index < -0.39 is 39.3 Å². The number of carbonyl (C=O) groups excluding carboxylic acids is 3. The summed E-state index contributed by atoms with van der Waals surface area (Å²) >= 11 is 0. The summed E-state index contributed by atoms with van der Waals surface area (Å²) < 4.78 is 0. The van der Waals surface area contributed by atoms with E-state index in [2.05, 4.69) is 0 Å². The van der Waals surface area contributed by atoms with Crippen molar-refractivity contribution in [3.8, 4) is 0 Å². The van der Waals surface area contributed by atoms with Gasteiger partial charge in [0.05, 0.1) is 16.4 Å². The first kappa shape index (κ1) is 19.3. The van der Waals surface area contributed by atoms with E-state index in [1.807, 2.05) is 13.8 Å². The van der Waals surface area contributed by atoms with Crippen molar-refractivity contribution in [3.63, 3.8) is 0 Å². The molecule has 0 aliphatic heterocycles. The van der Waals surface area contributed by atoms with Gasteiger partial charge < -0.3 is 10.2 Å². The van der Waals surface area contributed by atoms with Crippen molar-refractivity contribution in [2.45, 2.75) is 66.9 Å². The van der Waals surface area contributed by atoms with Gasteiger partial charge in [0.1, 0.15) is 11.3 Å². The van der Waals surface area contributed by atoms with Crippen molar-refractivity contribution in [3.05, 3.63) is 11.3 Å². The normalized spacial score (nSPS) is 39.0. The van der Waals surface area contributed by atoms with Crippen LogP contribution in [0.4, 0.5) is 0 Å². The van der Waals surface area contributed by atoms with Crippen molar-refractivity contribution in [2.24, 2.45) is 34.0 Å². The molecule has 0 aromatic rings. The molecule has 0 saturated heterocycles. The van der Waals surface area contributed by atoms with E-state index in [1.165, 1.54) is 0 Å². The van der Waals surface area contributed by atoms with Crippen LogP contribution in [0.25, 0.3) is 0 Å². The summed E-state index contributed by atoms with van der Waals surface area (Å²) in [6, 6.07) is 0. The Hall–Kier alpha value is -1.49. The van der Waals surface area contributed by atoms with Crippen molar-refractivity contribution in [1.29, 1.82) is 0 Å². The minimum atomic E-state index is -1.27. The van der Waals surface area contributed by atoms with Gasteiger partial charge in [-0.15, -0.1) is 0 Å². The van der Waals surface area contributed by atoms with Crippen molar-refractivity contribution in [1.82, 2.24) is 0 Å². The molecule has 5 nitrogen and oxygen atoms in total. The van der Waals surface area contributed by atoms with E-state index in [9.17, 15) is 24.6 Å². The molecule has 0 amide bonds. The fourth-order valence-electron chi connectivity index (χ4n) is 6.14. The number of aliphatic hydroxyl groups excluding tert-OH is 1. The molecule has 0 aromatic heterocycles. The summed E-state index contributed by atoms with van der Waals surface area (Å²) in [4.78, 5) is 39.2. The Kier molecular flexibility index (Phi) is 3.75. The molecular weight excluding hydrogens is 332 g/mol. The summed E-state index contributed by atoms with van der Waals surface area (Å²) in [5, 5.41) is 21.9. The van der Waals surface area contributed by atoms with Gasteiger partial charge in [0.15, 0.2) is 17.3 Å². The molecule has 3 aliphatic carbocycles. The lowest BCUT2D eigenvalue weighted by Gasteiger charge is -2.40. The average Bonchev–Trinajstić information content (AvgIpc) is 2.85. The lowest BCUT2D eigenvalue weighted by atomic mass is 9.64. The minimum absolute atomic E-state index is 0.184. The van der Waals surface area contributed by atoms with Crippen LogP contribution in [0.1, 0.15) is 61.3 Å². The summed E-state index contributed by atoms with van der Waals surface area (Å²) in [6.07, 6.45) is 0.569. The largest absolute Gasteiger partial charge is 0.510 e. The van der Waals surface area contributed by atoms with Crippen LogP contribution in [0, 0.1) is 34.0 Å². The SMILES string of the molecule is CC(C)C(=O)C1=C(O)C23C[C@H](C(C)(C)O)C(C)(C)[C@@H]2C[C@@](C)(C1=O)C3=O. The quantitative estimate of drug-likeness (QED) is 0.595. The average molecular weight is 362 g/mol. The third-order valence-corrected chi connectivity index (χ3v) is 7.45. The second-order valence-corrected chi connectivity index (χ2v) is 10.2. The van der Waals surface area contributed by atoms with Crippen LogP contribution in [0.3, 0.4) is 0 Å². The van der Waals surface area contributed by atoms with Crippen LogP contribution in [0.5, 0.6) is 0 Å². The summed E-state index contributed by atoms with van der Waals surface area (Å²) in [5.74, 6) is -2.53. The maximum Gasteiger partial charge on any atom is 0.183 e. The molecule has 1 spiro atoms. The van der Waals surface area contributed by atoms with Gasteiger partial charge in [-0.05, 0) is 50.9 Å². The van der Waals surface area contributed by atoms with Gasteiger partial charge in [-0.3, -0.25) is 14.4 Å². The Morgan fingerprint density at radius 3 is 2.15 bits per heavy atom. The third kappa shape index (κ3) is 1.98. The fraction of sp³-hybridized carbons (Fsp3) is 0.762. The zero-order valence-electron chi connectivity index (χ0n) is 16.8. The van der Waals surface area contributed by atoms with E-state index >= 15 is 0 Å². The highest BCUT2D eigenvalue weighted by molar-refractivity contribution is 6.32. The highest BCUT2D eigenvalue weighted by Gasteiger charge is 2.77. The van der Waals surface area contributed by atoms with Crippen LogP contribution in [0.15, 0.2) is 11.3 Å². The Morgan fingerprint density at radius 2 is 1.69 bits per heavy atom. The van der Waals surface area contributed by atoms with Crippen molar-refractivity contribution in [2.75, 3.05) is 0 Å². The summed E-state index contributed by atoms with van der Waals surface area (Å²) in [7, 11) is 0. The molecule has 3 aliphatic rings. The first-order valence-electron chi connectivity index (χ1n) is 9.43. The van der Waals surface area contributed by atoms with Gasteiger partial charge in [-0.1, -0.05) is 27.7 Å². The molecule has 5 heteroatoms. The molecule has 3 rings (SSSR count). The van der Waals surface area contributed by atoms with E-state index in [-0.39, 0.29) is 35.4 Å². The lowest BCUT2D eigenvalue weighted by molar-refractivity contribution is -0.143. The smallest absolute Gasteiger partial charge is 0.183 e. The van der Waals surface area contributed by atoms with Crippen molar-refractivity contribution < 1.29 is 24.6 Å². The molecule has 0 heterocycles. The standard InChI is InChI=1S/C21H30O5/c1-10(2)14(22)13-15(23)20(7)8-12-18(3,4)11(19(5,6)26)9-21(12,16(13)24)17(20)25/h10-12,24,26H,8-9H2,1-7H3/t11-,12-,20-,21?/m0/s1. The van der Waals surface area contributed by atoms with Gasteiger partial charge in [0.25, 0.3) is 0 Å². The Morgan fingerprint density at radius 1 is 1.15 bits per heavy atom. The number of aliphatic hydroxyl groups is 2. The lowest BCUT2D eigenvalue weighted by Crippen LogP contribution is -2.49. The highest BCUT2D eigenvalue weighted by atomic mass is 16.3. The highest BCUT2D eigenvalue weighted by Crippen LogP contribution is 2.73. The molecule has 2 bridgehead atoms. The zero-order valence-corrected chi connectivity index (χ0v) is 16.8. The first-order valence-corrected chi connectivity index (χ1v) is 9.43. The monoisotopic (exact) mass is 362 g/mol. The van der Waals surface area contributed by atoms with E-state index in [4.69, 9.17) is 0 Å². The number of ketones is 3. The van der Waals surface area contributed by atoms with Gasteiger partial charge in [-0.2, -0.15) is 0 Å². The molecule has 2 saturated carbocycles. The Balaban J connectivity index is 2.30. The molecule has 4 atom stereocenters. The number of fused-ring (bicyclic) bond motifs is 1. The van der Waals surface area contributed by atoms with Crippen LogP contribution in [0.2, 0.25) is 0 Å². The van der Waals surface area contributed by atoms with Gasteiger partial charge >= 0.3 is 0 Å². The third-order valence-electron chi connectivity index (χ3n) is 7.45. The molecule has 2 N–H and O–H groups in total. The predicted octanol–water partition coefficient (Wildman–Crippen LogP) is 3.01. The van der Waals surface area contributed by atoms with Crippen LogP contribution in [-0.4, -0.2) is 33.2 Å². The summed E-state index contributed by atoms with van der Waals surface area (Å²) in [6.45, 7) is 12.4. The van der Waals surface area contributed by atoms with E-state index in [0.717, 1.165) is 0 Å². The van der Waals surface area contributed by atoms with Crippen molar-refractivity contribution >= 4 is 17.3 Å². The van der Waals surface area contributed by atoms with Crippen LogP contribution in [-0.2, 0) is 14.4 Å². The molecule has 0 aromatic carbocycles. The van der Waals surface area contributed by atoms with E-state index in [0.29, 0.717) is 6.42 Å². The van der Waals surface area contributed by atoms with Gasteiger partial charge in [0, 0.05) is 5.92 Å². The maximum absolute atomic E-state index is 13.4. The molecular formula is C21H30O5. The Bertz CT molecular complexity index is 751. The van der Waals surface area contributed by atoms with E-state index in [1.54, 1.807) is 34.6 Å². The Labute approximate surface area is 154 Å². The number of hydrogen-bond acceptors (Lipinski definition) is 5. The topological polar surface area (TPSA) is 91.7 Å². The zero-order chi connectivity index (χ0) is 20.0. The molecule has 1 unspecified atom stereocenters.